The van der Waals surface area contributed by atoms with Gasteiger partial charge >= 0.3 is 5.97 Å². The first kappa shape index (κ1) is 14.6. The lowest BCUT2D eigenvalue weighted by molar-refractivity contribution is -0.138. The lowest BCUT2D eigenvalue weighted by Gasteiger charge is -2.16. The fraction of sp³-hybridized carbons (Fsp3) is 0.125. The Kier molecular flexibility index (Phi) is 4.56. The summed E-state index contributed by atoms with van der Waals surface area (Å²) in [7, 11) is 1.56. The maximum absolute atomic E-state index is 11.5. The Bertz CT molecular complexity index is 624. The normalized spacial score (nSPS) is 11.5. The van der Waals surface area contributed by atoms with Crippen molar-refractivity contribution in [3.63, 3.8) is 0 Å². The molecule has 1 atom stereocenters. The molecule has 0 saturated carbocycles. The average Bonchev–Trinajstić information content (AvgIpc) is 2.53. The van der Waals surface area contributed by atoms with Crippen molar-refractivity contribution in [3.05, 3.63) is 65.7 Å². The van der Waals surface area contributed by atoms with E-state index in [-0.39, 0.29) is 5.91 Å². The van der Waals surface area contributed by atoms with Crippen molar-refractivity contribution >= 4 is 17.6 Å². The van der Waals surface area contributed by atoms with Gasteiger partial charge in [-0.2, -0.15) is 0 Å². The molecule has 108 valence electrons. The molecule has 0 aliphatic rings. The number of benzene rings is 2. The molecule has 1 amide bonds. The standard InChI is InChI=1S/C16H16N2O3/c1-17-15(19)12-7-9-13(10-8-12)18-14(16(20)21)11-5-3-2-4-6-11/h2-10,14,18H,1H3,(H,17,19)(H,20,21)/t14-/m1/s1. The maximum atomic E-state index is 11.5. The molecular weight excluding hydrogens is 268 g/mol. The van der Waals surface area contributed by atoms with E-state index in [1.165, 1.54) is 0 Å². The van der Waals surface area contributed by atoms with Gasteiger partial charge < -0.3 is 15.7 Å². The molecule has 0 bridgehead atoms. The largest absolute Gasteiger partial charge is 0.479 e. The number of anilines is 1. The van der Waals surface area contributed by atoms with Crippen LogP contribution in [0.1, 0.15) is 22.0 Å². The average molecular weight is 284 g/mol. The highest BCUT2D eigenvalue weighted by atomic mass is 16.4. The summed E-state index contributed by atoms with van der Waals surface area (Å²) in [6.07, 6.45) is 0. The Hall–Kier alpha value is -2.82. The molecule has 5 heteroatoms. The molecule has 0 unspecified atom stereocenters. The molecule has 21 heavy (non-hydrogen) atoms. The molecule has 5 nitrogen and oxygen atoms in total. The quantitative estimate of drug-likeness (QED) is 0.787. The van der Waals surface area contributed by atoms with Crippen LogP contribution >= 0.6 is 0 Å². The summed E-state index contributed by atoms with van der Waals surface area (Å²) in [6, 6.07) is 14.7. The molecule has 0 fully saturated rings. The number of carbonyl (C=O) groups is 2. The third-order valence-corrected chi connectivity index (χ3v) is 3.07. The van der Waals surface area contributed by atoms with Crippen molar-refractivity contribution in [2.45, 2.75) is 6.04 Å². The van der Waals surface area contributed by atoms with Crippen LogP contribution in [-0.4, -0.2) is 24.0 Å². The van der Waals surface area contributed by atoms with Crippen LogP contribution in [-0.2, 0) is 4.79 Å². The molecule has 0 aliphatic heterocycles. The fourth-order valence-corrected chi connectivity index (χ4v) is 1.96. The topological polar surface area (TPSA) is 78.4 Å². The van der Waals surface area contributed by atoms with Gasteiger partial charge in [0.05, 0.1) is 0 Å². The van der Waals surface area contributed by atoms with Gasteiger partial charge in [0.15, 0.2) is 6.04 Å². The van der Waals surface area contributed by atoms with Crippen molar-refractivity contribution in [1.82, 2.24) is 5.32 Å². The second-order valence-corrected chi connectivity index (χ2v) is 4.48. The highest BCUT2D eigenvalue weighted by Crippen LogP contribution is 2.20. The third-order valence-electron chi connectivity index (χ3n) is 3.07. The maximum Gasteiger partial charge on any atom is 0.330 e. The number of nitrogens with one attached hydrogen (secondary N) is 2. The zero-order valence-corrected chi connectivity index (χ0v) is 11.5. The van der Waals surface area contributed by atoms with Crippen LogP contribution in [0.3, 0.4) is 0 Å². The Morgan fingerprint density at radius 3 is 2.14 bits per heavy atom. The first-order valence-electron chi connectivity index (χ1n) is 6.48. The van der Waals surface area contributed by atoms with Crippen LogP contribution in [0.15, 0.2) is 54.6 Å². The predicted octanol–water partition coefficient (Wildman–Crippen LogP) is 2.28. The van der Waals surface area contributed by atoms with Gasteiger partial charge in [0.25, 0.3) is 5.91 Å². The van der Waals surface area contributed by atoms with Crippen molar-refractivity contribution in [2.24, 2.45) is 0 Å². The molecule has 3 N–H and O–H groups in total. The highest BCUT2D eigenvalue weighted by Gasteiger charge is 2.19. The van der Waals surface area contributed by atoms with E-state index in [0.717, 1.165) is 0 Å². The zero-order valence-electron chi connectivity index (χ0n) is 11.5. The van der Waals surface area contributed by atoms with Crippen molar-refractivity contribution in [2.75, 3.05) is 12.4 Å². The van der Waals surface area contributed by atoms with Crippen LogP contribution in [0.5, 0.6) is 0 Å². The molecule has 0 spiro atoms. The van der Waals surface area contributed by atoms with Crippen molar-refractivity contribution in [3.8, 4) is 0 Å². The van der Waals surface area contributed by atoms with E-state index in [9.17, 15) is 14.7 Å². The van der Waals surface area contributed by atoms with Crippen molar-refractivity contribution < 1.29 is 14.7 Å². The van der Waals surface area contributed by atoms with Gasteiger partial charge in [-0.05, 0) is 29.8 Å². The summed E-state index contributed by atoms with van der Waals surface area (Å²) in [6.45, 7) is 0. The summed E-state index contributed by atoms with van der Waals surface area (Å²) >= 11 is 0. The van der Waals surface area contributed by atoms with Crippen LogP contribution < -0.4 is 10.6 Å². The molecule has 2 aromatic carbocycles. The van der Waals surface area contributed by atoms with E-state index >= 15 is 0 Å². The lowest BCUT2D eigenvalue weighted by Crippen LogP contribution is -2.21. The second-order valence-electron chi connectivity index (χ2n) is 4.48. The minimum atomic E-state index is -0.962. The highest BCUT2D eigenvalue weighted by molar-refractivity contribution is 5.94. The van der Waals surface area contributed by atoms with Crippen molar-refractivity contribution in [1.29, 1.82) is 0 Å². The molecule has 0 radical (unpaired) electrons. The minimum Gasteiger partial charge on any atom is -0.479 e. The molecule has 2 aromatic rings. The fourth-order valence-electron chi connectivity index (χ4n) is 1.96. The second kappa shape index (κ2) is 6.56. The smallest absolute Gasteiger partial charge is 0.330 e. The predicted molar refractivity (Wildman–Crippen MR) is 80.3 cm³/mol. The van der Waals surface area contributed by atoms with E-state index in [0.29, 0.717) is 16.8 Å². The molecule has 0 heterocycles. The monoisotopic (exact) mass is 284 g/mol. The van der Waals surface area contributed by atoms with Gasteiger partial charge in [0.2, 0.25) is 0 Å². The summed E-state index contributed by atoms with van der Waals surface area (Å²) in [5, 5.41) is 14.8. The number of amides is 1. The van der Waals surface area contributed by atoms with Gasteiger partial charge in [0.1, 0.15) is 0 Å². The van der Waals surface area contributed by atoms with Gasteiger partial charge in [-0.15, -0.1) is 0 Å². The van der Waals surface area contributed by atoms with Crippen LogP contribution in [0.25, 0.3) is 0 Å². The van der Waals surface area contributed by atoms with E-state index in [2.05, 4.69) is 10.6 Å². The number of carboxylic acids is 1. The Labute approximate surface area is 122 Å². The molecule has 0 aliphatic carbocycles. The number of rotatable bonds is 5. The van der Waals surface area contributed by atoms with Crippen LogP contribution in [0, 0.1) is 0 Å². The summed E-state index contributed by atoms with van der Waals surface area (Å²) in [5.74, 6) is -1.14. The first-order chi connectivity index (χ1) is 10.1. The Balaban J connectivity index is 2.18. The lowest BCUT2D eigenvalue weighted by atomic mass is 10.1. The summed E-state index contributed by atoms with van der Waals surface area (Å²) in [5.41, 5.74) is 1.83. The molecule has 2 rings (SSSR count). The van der Waals surface area contributed by atoms with Crippen LogP contribution in [0.2, 0.25) is 0 Å². The number of hydrogen-bond donors (Lipinski definition) is 3. The molecule has 0 aromatic heterocycles. The molecule has 0 saturated heterocycles. The molecular formula is C16H16N2O3. The van der Waals surface area contributed by atoms with E-state index < -0.39 is 12.0 Å². The van der Waals surface area contributed by atoms with E-state index in [1.54, 1.807) is 55.6 Å². The van der Waals surface area contributed by atoms with Crippen LogP contribution in [0.4, 0.5) is 5.69 Å². The SMILES string of the molecule is CNC(=O)c1ccc(N[C@@H](C(=O)O)c2ccccc2)cc1. The third kappa shape index (κ3) is 3.60. The van der Waals surface area contributed by atoms with Gasteiger partial charge in [-0.3, -0.25) is 4.79 Å². The number of carbonyl (C=O) groups excluding carboxylic acids is 1. The van der Waals surface area contributed by atoms with Gasteiger partial charge in [0, 0.05) is 18.3 Å². The summed E-state index contributed by atoms with van der Waals surface area (Å²) < 4.78 is 0. The van der Waals surface area contributed by atoms with Gasteiger partial charge in [-0.25, -0.2) is 4.79 Å². The summed E-state index contributed by atoms with van der Waals surface area (Å²) in [4.78, 5) is 22.9. The zero-order chi connectivity index (χ0) is 15.2. The number of carboxylic acid groups (broad SMARTS) is 1. The minimum absolute atomic E-state index is 0.181. The van der Waals surface area contributed by atoms with E-state index in [4.69, 9.17) is 0 Å². The Morgan fingerprint density at radius 1 is 1.00 bits per heavy atom. The number of aliphatic carboxylic acids is 1. The first-order valence-corrected chi connectivity index (χ1v) is 6.48. The van der Waals surface area contributed by atoms with E-state index in [1.807, 2.05) is 6.07 Å². The van der Waals surface area contributed by atoms with Gasteiger partial charge in [-0.1, -0.05) is 30.3 Å². The number of hydrogen-bond acceptors (Lipinski definition) is 3. The Morgan fingerprint density at radius 2 is 1.62 bits per heavy atom.